The Labute approximate surface area is 166 Å². The standard InChI is InChI=1S/C20H22F3N3O3/c1-12(2)18(27)26-17-9-15(6-7-24-17)19(28)25-10-14-4-5-16(13(3)8-14)29-11-20(21,22)23/h4-9,12H,10-11H2,1-3H3,(H,25,28)(H,24,26,27). The van der Waals surface area contributed by atoms with Crippen LogP contribution < -0.4 is 15.4 Å². The molecule has 0 atom stereocenters. The highest BCUT2D eigenvalue weighted by molar-refractivity contribution is 5.96. The van der Waals surface area contributed by atoms with Gasteiger partial charge in [-0.05, 0) is 36.2 Å². The van der Waals surface area contributed by atoms with Crippen LogP contribution in [0.3, 0.4) is 0 Å². The normalized spacial score (nSPS) is 11.3. The molecule has 0 bridgehead atoms. The van der Waals surface area contributed by atoms with Crippen molar-refractivity contribution in [3.05, 3.63) is 53.2 Å². The summed E-state index contributed by atoms with van der Waals surface area (Å²) in [6.45, 7) is 3.93. The summed E-state index contributed by atoms with van der Waals surface area (Å²) in [5.41, 5.74) is 1.56. The molecule has 2 rings (SSSR count). The van der Waals surface area contributed by atoms with Crippen molar-refractivity contribution in [2.24, 2.45) is 5.92 Å². The second kappa shape index (κ2) is 9.40. The average molecular weight is 409 g/mol. The minimum absolute atomic E-state index is 0.136. The fraction of sp³-hybridized carbons (Fsp3) is 0.350. The van der Waals surface area contributed by atoms with Crippen molar-refractivity contribution in [3.8, 4) is 5.75 Å². The minimum Gasteiger partial charge on any atom is -0.484 e. The van der Waals surface area contributed by atoms with Crippen molar-refractivity contribution in [1.82, 2.24) is 10.3 Å². The number of pyridine rings is 1. The number of nitrogens with one attached hydrogen (secondary N) is 2. The van der Waals surface area contributed by atoms with Crippen molar-refractivity contribution in [2.75, 3.05) is 11.9 Å². The van der Waals surface area contributed by atoms with E-state index in [-0.39, 0.29) is 35.8 Å². The summed E-state index contributed by atoms with van der Waals surface area (Å²) in [6, 6.07) is 7.65. The first-order chi connectivity index (χ1) is 13.5. The lowest BCUT2D eigenvalue weighted by molar-refractivity contribution is -0.153. The van der Waals surface area contributed by atoms with Crippen LogP contribution in [-0.4, -0.2) is 29.6 Å². The van der Waals surface area contributed by atoms with Crippen molar-refractivity contribution in [1.29, 1.82) is 0 Å². The van der Waals surface area contributed by atoms with Gasteiger partial charge < -0.3 is 15.4 Å². The van der Waals surface area contributed by atoms with E-state index in [1.165, 1.54) is 24.4 Å². The summed E-state index contributed by atoms with van der Waals surface area (Å²) in [5, 5.41) is 5.34. The molecule has 156 valence electrons. The highest BCUT2D eigenvalue weighted by Crippen LogP contribution is 2.23. The zero-order valence-electron chi connectivity index (χ0n) is 16.3. The fourth-order valence-electron chi connectivity index (χ4n) is 2.34. The number of carbonyl (C=O) groups is 2. The van der Waals surface area contributed by atoms with Crippen molar-refractivity contribution >= 4 is 17.6 Å². The van der Waals surface area contributed by atoms with Crippen molar-refractivity contribution in [2.45, 2.75) is 33.5 Å². The number of aromatic nitrogens is 1. The van der Waals surface area contributed by atoms with Crippen LogP contribution >= 0.6 is 0 Å². The van der Waals surface area contributed by atoms with Crippen molar-refractivity contribution in [3.63, 3.8) is 0 Å². The van der Waals surface area contributed by atoms with E-state index in [9.17, 15) is 22.8 Å². The molecule has 2 aromatic rings. The lowest BCUT2D eigenvalue weighted by atomic mass is 10.1. The van der Waals surface area contributed by atoms with Gasteiger partial charge in [0, 0.05) is 24.2 Å². The number of rotatable bonds is 7. The second-order valence-electron chi connectivity index (χ2n) is 6.76. The summed E-state index contributed by atoms with van der Waals surface area (Å²) in [7, 11) is 0. The number of amides is 2. The molecule has 0 aliphatic heterocycles. The van der Waals surface area contributed by atoms with Gasteiger partial charge in [-0.15, -0.1) is 0 Å². The van der Waals surface area contributed by atoms with E-state index in [0.717, 1.165) is 0 Å². The van der Waals surface area contributed by atoms with E-state index in [1.54, 1.807) is 32.9 Å². The zero-order chi connectivity index (χ0) is 21.6. The summed E-state index contributed by atoms with van der Waals surface area (Å²) < 4.78 is 41.5. The van der Waals surface area contributed by atoms with Gasteiger partial charge in [0.25, 0.3) is 5.91 Å². The number of hydrogen-bond donors (Lipinski definition) is 2. The summed E-state index contributed by atoms with van der Waals surface area (Å²) in [6.07, 6.45) is -2.99. The monoisotopic (exact) mass is 409 g/mol. The number of aryl methyl sites for hydroxylation is 1. The van der Waals surface area contributed by atoms with E-state index in [4.69, 9.17) is 4.74 Å². The Balaban J connectivity index is 1.97. The van der Waals surface area contributed by atoms with Crippen LogP contribution in [0.25, 0.3) is 0 Å². The molecule has 1 aromatic heterocycles. The van der Waals surface area contributed by atoms with Crippen LogP contribution in [0.4, 0.5) is 19.0 Å². The molecule has 2 N–H and O–H groups in total. The molecule has 0 aliphatic rings. The second-order valence-corrected chi connectivity index (χ2v) is 6.76. The predicted molar refractivity (Wildman–Crippen MR) is 102 cm³/mol. The van der Waals surface area contributed by atoms with Crippen LogP contribution in [0.15, 0.2) is 36.5 Å². The van der Waals surface area contributed by atoms with Crippen LogP contribution in [0, 0.1) is 12.8 Å². The maximum Gasteiger partial charge on any atom is 0.422 e. The minimum atomic E-state index is -4.41. The molecule has 1 heterocycles. The SMILES string of the molecule is Cc1cc(CNC(=O)c2ccnc(NC(=O)C(C)C)c2)ccc1OCC(F)(F)F. The number of benzene rings is 1. The highest BCUT2D eigenvalue weighted by atomic mass is 19.4. The predicted octanol–water partition coefficient (Wildman–Crippen LogP) is 3.86. The van der Waals surface area contributed by atoms with Gasteiger partial charge in [0.15, 0.2) is 6.61 Å². The van der Waals surface area contributed by atoms with Crippen LogP contribution in [0.2, 0.25) is 0 Å². The van der Waals surface area contributed by atoms with Gasteiger partial charge in [0.1, 0.15) is 11.6 Å². The lowest BCUT2D eigenvalue weighted by Gasteiger charge is -2.13. The molecular weight excluding hydrogens is 387 g/mol. The van der Waals surface area contributed by atoms with E-state index < -0.39 is 12.8 Å². The number of nitrogens with zero attached hydrogens (tertiary/aromatic N) is 1. The van der Waals surface area contributed by atoms with Crippen LogP contribution in [0.1, 0.15) is 35.3 Å². The van der Waals surface area contributed by atoms with Gasteiger partial charge in [-0.1, -0.05) is 26.0 Å². The number of carbonyl (C=O) groups excluding carboxylic acids is 2. The van der Waals surface area contributed by atoms with Gasteiger partial charge >= 0.3 is 6.18 Å². The Kier molecular flexibility index (Phi) is 7.19. The number of alkyl halides is 3. The molecule has 0 saturated carbocycles. The first-order valence-electron chi connectivity index (χ1n) is 8.89. The molecule has 0 radical (unpaired) electrons. The Morgan fingerprint density at radius 3 is 2.52 bits per heavy atom. The lowest BCUT2D eigenvalue weighted by Crippen LogP contribution is -2.24. The molecule has 0 spiro atoms. The third kappa shape index (κ3) is 7.10. The maximum absolute atomic E-state index is 12.4. The molecule has 0 fully saturated rings. The van der Waals surface area contributed by atoms with Gasteiger partial charge in [-0.3, -0.25) is 9.59 Å². The molecule has 9 heteroatoms. The first-order valence-corrected chi connectivity index (χ1v) is 8.89. The third-order valence-corrected chi connectivity index (χ3v) is 3.88. The molecule has 0 saturated heterocycles. The Morgan fingerprint density at radius 1 is 1.17 bits per heavy atom. The van der Waals surface area contributed by atoms with Gasteiger partial charge in [-0.2, -0.15) is 13.2 Å². The smallest absolute Gasteiger partial charge is 0.422 e. The number of halogens is 3. The Morgan fingerprint density at radius 2 is 1.90 bits per heavy atom. The van der Waals surface area contributed by atoms with Crippen LogP contribution in [0.5, 0.6) is 5.75 Å². The van der Waals surface area contributed by atoms with E-state index in [2.05, 4.69) is 15.6 Å². The molecular formula is C20H22F3N3O3. The highest BCUT2D eigenvalue weighted by Gasteiger charge is 2.28. The van der Waals surface area contributed by atoms with Gasteiger partial charge in [-0.25, -0.2) is 4.98 Å². The van der Waals surface area contributed by atoms with E-state index in [0.29, 0.717) is 16.7 Å². The fourth-order valence-corrected chi connectivity index (χ4v) is 2.34. The number of hydrogen-bond acceptors (Lipinski definition) is 4. The number of ether oxygens (including phenoxy) is 1. The average Bonchev–Trinajstić information content (AvgIpc) is 2.64. The summed E-state index contributed by atoms with van der Waals surface area (Å²) >= 11 is 0. The van der Waals surface area contributed by atoms with Crippen molar-refractivity contribution < 1.29 is 27.5 Å². The molecule has 0 aliphatic carbocycles. The molecule has 29 heavy (non-hydrogen) atoms. The molecule has 2 amide bonds. The summed E-state index contributed by atoms with van der Waals surface area (Å²) in [5.74, 6) is -0.392. The molecule has 0 unspecified atom stereocenters. The maximum atomic E-state index is 12.4. The number of anilines is 1. The quantitative estimate of drug-likeness (QED) is 0.728. The zero-order valence-corrected chi connectivity index (χ0v) is 16.3. The van der Waals surface area contributed by atoms with Crippen LogP contribution in [-0.2, 0) is 11.3 Å². The third-order valence-electron chi connectivity index (χ3n) is 3.88. The van der Waals surface area contributed by atoms with Gasteiger partial charge in [0.05, 0.1) is 0 Å². The Hall–Kier alpha value is -3.10. The van der Waals surface area contributed by atoms with E-state index >= 15 is 0 Å². The Bertz CT molecular complexity index is 883. The first kappa shape index (κ1) is 22.2. The largest absolute Gasteiger partial charge is 0.484 e. The summed E-state index contributed by atoms with van der Waals surface area (Å²) in [4.78, 5) is 28.1. The van der Waals surface area contributed by atoms with E-state index in [1.807, 2.05) is 0 Å². The molecule has 1 aromatic carbocycles. The van der Waals surface area contributed by atoms with Gasteiger partial charge in [0.2, 0.25) is 5.91 Å². The molecule has 6 nitrogen and oxygen atoms in total. The topological polar surface area (TPSA) is 80.3 Å².